The van der Waals surface area contributed by atoms with Crippen molar-refractivity contribution in [1.29, 1.82) is 0 Å². The van der Waals surface area contributed by atoms with E-state index in [1.165, 1.54) is 10.7 Å². The van der Waals surface area contributed by atoms with Gasteiger partial charge >= 0.3 is 6.18 Å². The first-order chi connectivity index (χ1) is 9.77. The first kappa shape index (κ1) is 15.9. The van der Waals surface area contributed by atoms with Gasteiger partial charge in [0.05, 0.1) is 22.0 Å². The zero-order valence-electron chi connectivity index (χ0n) is 11.6. The monoisotopic (exact) mass is 317 g/mol. The van der Waals surface area contributed by atoms with Gasteiger partial charge in [0.1, 0.15) is 0 Å². The van der Waals surface area contributed by atoms with Gasteiger partial charge in [0, 0.05) is 18.8 Å². The highest BCUT2D eigenvalue weighted by molar-refractivity contribution is 6.32. The number of benzene rings is 1. The Hall–Kier alpha value is -1.53. The Bertz CT molecular complexity index is 620. The molecule has 0 saturated carbocycles. The van der Waals surface area contributed by atoms with E-state index in [0.29, 0.717) is 18.3 Å². The summed E-state index contributed by atoms with van der Waals surface area (Å²) in [5.41, 5.74) is 0.435. The molecule has 0 atom stereocenters. The first-order valence-corrected chi connectivity index (χ1v) is 6.80. The number of hydrogen-bond donors (Lipinski definition) is 1. The van der Waals surface area contributed by atoms with E-state index in [0.717, 1.165) is 17.8 Å². The molecule has 0 saturated heterocycles. The van der Waals surface area contributed by atoms with Gasteiger partial charge in [-0.3, -0.25) is 0 Å². The lowest BCUT2D eigenvalue weighted by Gasteiger charge is -2.10. The van der Waals surface area contributed by atoms with Gasteiger partial charge in [-0.15, -0.1) is 0 Å². The second kappa shape index (κ2) is 6.07. The highest BCUT2D eigenvalue weighted by Gasteiger charge is 2.31. The van der Waals surface area contributed by atoms with Crippen LogP contribution in [0.15, 0.2) is 30.5 Å². The quantitative estimate of drug-likeness (QED) is 0.922. The fourth-order valence-electron chi connectivity index (χ4n) is 1.77. The summed E-state index contributed by atoms with van der Waals surface area (Å²) in [4.78, 5) is 0. The van der Waals surface area contributed by atoms with Gasteiger partial charge in [-0.2, -0.15) is 18.3 Å². The number of aromatic nitrogens is 2. The van der Waals surface area contributed by atoms with Gasteiger partial charge in [0.15, 0.2) is 0 Å². The third-order valence-corrected chi connectivity index (χ3v) is 3.16. The molecule has 0 spiro atoms. The summed E-state index contributed by atoms with van der Waals surface area (Å²) in [6, 6.07) is 5.34. The minimum atomic E-state index is -4.40. The predicted octanol–water partition coefficient (Wildman–Crippen LogP) is 4.04. The van der Waals surface area contributed by atoms with Crippen molar-refractivity contribution in [2.45, 2.75) is 32.6 Å². The van der Waals surface area contributed by atoms with Crippen molar-refractivity contribution in [3.05, 3.63) is 46.7 Å². The van der Waals surface area contributed by atoms with Crippen LogP contribution < -0.4 is 5.32 Å². The molecule has 2 rings (SSSR count). The van der Waals surface area contributed by atoms with E-state index in [1.807, 2.05) is 13.8 Å². The summed E-state index contributed by atoms with van der Waals surface area (Å²) >= 11 is 5.93. The molecule has 3 nitrogen and oxygen atoms in total. The zero-order chi connectivity index (χ0) is 15.6. The number of alkyl halides is 3. The summed E-state index contributed by atoms with van der Waals surface area (Å²) in [7, 11) is 0. The third kappa shape index (κ3) is 3.98. The van der Waals surface area contributed by atoms with E-state index in [2.05, 4.69) is 10.4 Å². The van der Waals surface area contributed by atoms with Crippen molar-refractivity contribution in [2.75, 3.05) is 0 Å². The lowest BCUT2D eigenvalue weighted by Crippen LogP contribution is -2.22. The topological polar surface area (TPSA) is 29.9 Å². The molecule has 1 N–H and O–H groups in total. The average Bonchev–Trinajstić information content (AvgIpc) is 2.83. The van der Waals surface area contributed by atoms with Crippen molar-refractivity contribution in [2.24, 2.45) is 0 Å². The maximum atomic E-state index is 12.6. The molecular formula is C14H15ClF3N3. The highest BCUT2D eigenvalue weighted by Crippen LogP contribution is 2.33. The predicted molar refractivity (Wildman–Crippen MR) is 75.6 cm³/mol. The van der Waals surface area contributed by atoms with Crippen molar-refractivity contribution < 1.29 is 13.2 Å². The molecule has 0 aliphatic rings. The minimum absolute atomic E-state index is 0.0105. The maximum Gasteiger partial charge on any atom is 0.416 e. The Balaban J connectivity index is 2.23. The van der Waals surface area contributed by atoms with Crippen LogP contribution in [0.3, 0.4) is 0 Å². The molecule has 0 bridgehead atoms. The van der Waals surface area contributed by atoms with Gasteiger partial charge in [-0.25, -0.2) is 4.68 Å². The molecule has 0 aliphatic carbocycles. The highest BCUT2D eigenvalue weighted by atomic mass is 35.5. The van der Waals surface area contributed by atoms with Gasteiger partial charge in [0.2, 0.25) is 0 Å². The molecule has 1 aromatic heterocycles. The van der Waals surface area contributed by atoms with Crippen molar-refractivity contribution >= 4 is 11.6 Å². The Kier molecular flexibility index (Phi) is 4.58. The van der Waals surface area contributed by atoms with E-state index >= 15 is 0 Å². The number of rotatable bonds is 4. The summed E-state index contributed by atoms with van der Waals surface area (Å²) in [6.45, 7) is 4.62. The van der Waals surface area contributed by atoms with Crippen molar-refractivity contribution in [1.82, 2.24) is 15.1 Å². The fraction of sp³-hybridized carbons (Fsp3) is 0.357. The van der Waals surface area contributed by atoms with Crippen LogP contribution >= 0.6 is 11.6 Å². The third-order valence-electron chi connectivity index (χ3n) is 2.86. The van der Waals surface area contributed by atoms with Gasteiger partial charge < -0.3 is 5.32 Å². The summed E-state index contributed by atoms with van der Waals surface area (Å²) < 4.78 is 39.3. The molecule has 0 amide bonds. The second-order valence-electron chi connectivity index (χ2n) is 4.95. The van der Waals surface area contributed by atoms with Crippen LogP contribution in [0.1, 0.15) is 25.1 Å². The van der Waals surface area contributed by atoms with Crippen molar-refractivity contribution in [3.63, 3.8) is 0 Å². The Morgan fingerprint density at radius 3 is 2.57 bits per heavy atom. The number of halogens is 4. The van der Waals surface area contributed by atoms with Crippen LogP contribution in [-0.4, -0.2) is 15.8 Å². The Labute approximate surface area is 125 Å². The maximum absolute atomic E-state index is 12.6. The van der Waals surface area contributed by atoms with Gasteiger partial charge in [0.25, 0.3) is 0 Å². The minimum Gasteiger partial charge on any atom is -0.309 e. The summed E-state index contributed by atoms with van der Waals surface area (Å²) in [5.74, 6) is 0. The Morgan fingerprint density at radius 1 is 1.29 bits per heavy atom. The van der Waals surface area contributed by atoms with E-state index in [4.69, 9.17) is 11.6 Å². The molecule has 21 heavy (non-hydrogen) atoms. The Morgan fingerprint density at radius 2 is 2.00 bits per heavy atom. The van der Waals surface area contributed by atoms with E-state index in [9.17, 15) is 13.2 Å². The summed E-state index contributed by atoms with van der Waals surface area (Å²) in [5, 5.41) is 7.52. The first-order valence-electron chi connectivity index (χ1n) is 6.42. The van der Waals surface area contributed by atoms with Crippen LogP contribution in [0.25, 0.3) is 5.69 Å². The lowest BCUT2D eigenvalue weighted by molar-refractivity contribution is -0.137. The largest absolute Gasteiger partial charge is 0.416 e. The smallest absolute Gasteiger partial charge is 0.309 e. The van der Waals surface area contributed by atoms with Gasteiger partial charge in [-0.1, -0.05) is 25.4 Å². The normalized spacial score (nSPS) is 12.1. The van der Waals surface area contributed by atoms with Crippen LogP contribution in [0.2, 0.25) is 5.02 Å². The molecule has 1 aromatic carbocycles. The average molecular weight is 318 g/mol. The summed E-state index contributed by atoms with van der Waals surface area (Å²) in [6.07, 6.45) is -2.73. The van der Waals surface area contributed by atoms with E-state index in [1.54, 1.807) is 12.3 Å². The van der Waals surface area contributed by atoms with Crippen LogP contribution in [0, 0.1) is 0 Å². The molecule has 0 unspecified atom stereocenters. The van der Waals surface area contributed by atoms with Gasteiger partial charge in [-0.05, 0) is 24.3 Å². The van der Waals surface area contributed by atoms with Crippen LogP contribution in [-0.2, 0) is 12.7 Å². The molecule has 0 radical (unpaired) electrons. The molecule has 0 fully saturated rings. The van der Waals surface area contributed by atoms with Crippen molar-refractivity contribution in [3.8, 4) is 5.69 Å². The molecule has 2 aromatic rings. The number of hydrogen-bond acceptors (Lipinski definition) is 2. The molecule has 114 valence electrons. The van der Waals surface area contributed by atoms with Crippen LogP contribution in [0.5, 0.6) is 0 Å². The SMILES string of the molecule is CC(C)NCc1ccn(-c2ccc(C(F)(F)F)cc2Cl)n1. The molecule has 7 heteroatoms. The van der Waals surface area contributed by atoms with E-state index in [-0.39, 0.29) is 5.02 Å². The number of nitrogens with one attached hydrogen (secondary N) is 1. The molecule has 1 heterocycles. The fourth-order valence-corrected chi connectivity index (χ4v) is 2.03. The molecular weight excluding hydrogens is 303 g/mol. The molecule has 0 aliphatic heterocycles. The van der Waals surface area contributed by atoms with E-state index < -0.39 is 11.7 Å². The van der Waals surface area contributed by atoms with Crippen LogP contribution in [0.4, 0.5) is 13.2 Å². The zero-order valence-corrected chi connectivity index (χ0v) is 12.3. The lowest BCUT2D eigenvalue weighted by atomic mass is 10.2. The second-order valence-corrected chi connectivity index (χ2v) is 5.36. The standard InChI is InChI=1S/C14H15ClF3N3/c1-9(2)19-8-11-5-6-21(20-11)13-4-3-10(7-12(13)15)14(16,17)18/h3-7,9,19H,8H2,1-2H3. The number of nitrogens with zero attached hydrogens (tertiary/aromatic N) is 2.